The predicted molar refractivity (Wildman–Crippen MR) is 140 cm³/mol. The fourth-order valence-corrected chi connectivity index (χ4v) is 6.02. The van der Waals surface area contributed by atoms with Crippen molar-refractivity contribution in [2.75, 3.05) is 31.4 Å². The van der Waals surface area contributed by atoms with Crippen molar-refractivity contribution in [3.05, 3.63) is 53.8 Å². The number of nitrogens with zero attached hydrogens (tertiary/aromatic N) is 1. The molecule has 2 aromatic carbocycles. The highest BCUT2D eigenvalue weighted by Crippen LogP contribution is 2.32. The second-order valence-electron chi connectivity index (χ2n) is 9.91. The number of piperidine rings is 1. The van der Waals surface area contributed by atoms with Gasteiger partial charge in [0.25, 0.3) is 5.91 Å². The Bertz CT molecular complexity index is 1320. The van der Waals surface area contributed by atoms with Crippen molar-refractivity contribution in [3.8, 4) is 5.75 Å². The van der Waals surface area contributed by atoms with Crippen LogP contribution in [0, 0.1) is 5.82 Å². The number of amides is 2. The van der Waals surface area contributed by atoms with Crippen LogP contribution >= 0.6 is 0 Å². The number of rotatable bonds is 7. The van der Waals surface area contributed by atoms with E-state index < -0.39 is 39.0 Å². The number of methoxy groups -OCH3 is 1. The molecular weight excluding hydrogens is 513 g/mol. The topological polar surface area (TPSA) is 122 Å². The minimum atomic E-state index is -3.59. The number of halogens is 1. The zero-order valence-electron chi connectivity index (χ0n) is 21.5. The number of carbonyl (C=O) groups is 3. The van der Waals surface area contributed by atoms with Crippen LogP contribution < -0.4 is 20.3 Å². The van der Waals surface area contributed by atoms with Gasteiger partial charge >= 0.3 is 0 Å². The third-order valence-electron chi connectivity index (χ3n) is 7.24. The quantitative estimate of drug-likeness (QED) is 0.549. The number of carbonyl (C=O) groups excluding carboxylic acids is 3. The summed E-state index contributed by atoms with van der Waals surface area (Å²) in [6, 6.07) is 9.02. The SMILES string of the molecule is COc1ccc(N2CCC(NC(=O)C3(NC(=O)c4ccc(F)cc4)CCCCC3)C(=O)C2)c(S(C)(=O)=O)c1. The number of Topliss-reactive ketones (excluding diaryl/α,β-unsaturated/α-hetero) is 1. The molecule has 0 radical (unpaired) electrons. The minimum absolute atomic E-state index is 0.0665. The first-order chi connectivity index (χ1) is 18.0. The minimum Gasteiger partial charge on any atom is -0.497 e. The molecule has 2 fully saturated rings. The molecule has 2 N–H and O–H groups in total. The van der Waals surface area contributed by atoms with Crippen LogP contribution in [0.1, 0.15) is 48.9 Å². The van der Waals surface area contributed by atoms with Gasteiger partial charge in [0.05, 0.1) is 30.3 Å². The molecule has 0 aromatic heterocycles. The summed E-state index contributed by atoms with van der Waals surface area (Å²) in [4.78, 5) is 41.3. The number of ether oxygens (including phenoxy) is 1. The Morgan fingerprint density at radius 3 is 2.37 bits per heavy atom. The predicted octanol–water partition coefficient (Wildman–Crippen LogP) is 2.63. The largest absolute Gasteiger partial charge is 0.497 e. The third kappa shape index (κ3) is 5.98. The van der Waals surface area contributed by atoms with E-state index in [9.17, 15) is 27.2 Å². The molecule has 0 spiro atoms. The summed E-state index contributed by atoms with van der Waals surface area (Å²) in [6.45, 7) is 0.273. The Labute approximate surface area is 221 Å². The van der Waals surface area contributed by atoms with Gasteiger partial charge in [-0.25, -0.2) is 12.8 Å². The van der Waals surface area contributed by atoms with E-state index in [0.717, 1.165) is 25.5 Å². The summed E-state index contributed by atoms with van der Waals surface area (Å²) >= 11 is 0. The molecule has 11 heteroatoms. The van der Waals surface area contributed by atoms with E-state index in [2.05, 4.69) is 10.6 Å². The van der Waals surface area contributed by atoms with Gasteiger partial charge in [0, 0.05) is 24.4 Å². The summed E-state index contributed by atoms with van der Waals surface area (Å²) in [5.74, 6) is -1.22. The van der Waals surface area contributed by atoms with E-state index in [1.165, 1.54) is 37.4 Å². The van der Waals surface area contributed by atoms with Gasteiger partial charge in [0.1, 0.15) is 17.1 Å². The number of sulfone groups is 1. The van der Waals surface area contributed by atoms with Crippen molar-refractivity contribution in [2.45, 2.75) is 55.0 Å². The summed E-state index contributed by atoms with van der Waals surface area (Å²) in [6.07, 6.45) is 4.67. The van der Waals surface area contributed by atoms with Gasteiger partial charge in [-0.15, -0.1) is 0 Å². The van der Waals surface area contributed by atoms with Gasteiger partial charge in [-0.3, -0.25) is 14.4 Å². The van der Waals surface area contributed by atoms with E-state index in [1.807, 2.05) is 0 Å². The number of anilines is 1. The van der Waals surface area contributed by atoms with Crippen LogP contribution in [-0.4, -0.2) is 64.1 Å². The van der Waals surface area contributed by atoms with Crippen molar-refractivity contribution in [1.82, 2.24) is 10.6 Å². The van der Waals surface area contributed by atoms with Gasteiger partial charge in [-0.05, 0) is 55.7 Å². The van der Waals surface area contributed by atoms with Gasteiger partial charge < -0.3 is 20.3 Å². The fraction of sp³-hybridized carbons (Fsp3) is 0.444. The molecular formula is C27H32FN3O6S. The average Bonchev–Trinajstić information content (AvgIpc) is 2.89. The van der Waals surface area contributed by atoms with Gasteiger partial charge in [-0.1, -0.05) is 19.3 Å². The highest BCUT2D eigenvalue weighted by atomic mass is 32.2. The molecule has 1 heterocycles. The maximum Gasteiger partial charge on any atom is 0.252 e. The zero-order valence-corrected chi connectivity index (χ0v) is 22.3. The molecule has 1 atom stereocenters. The molecule has 4 rings (SSSR count). The van der Waals surface area contributed by atoms with Crippen LogP contribution in [0.5, 0.6) is 5.75 Å². The fourth-order valence-electron chi connectivity index (χ4n) is 5.11. The van der Waals surface area contributed by atoms with E-state index in [0.29, 0.717) is 30.8 Å². The maximum atomic E-state index is 13.5. The summed E-state index contributed by atoms with van der Waals surface area (Å²) < 4.78 is 43.2. The lowest BCUT2D eigenvalue weighted by Gasteiger charge is -2.39. The van der Waals surface area contributed by atoms with E-state index in [4.69, 9.17) is 4.74 Å². The van der Waals surface area contributed by atoms with E-state index >= 15 is 0 Å². The van der Waals surface area contributed by atoms with Gasteiger partial charge in [0.2, 0.25) is 5.91 Å². The Morgan fingerprint density at radius 1 is 1.08 bits per heavy atom. The van der Waals surface area contributed by atoms with Crippen LogP contribution in [-0.2, 0) is 19.4 Å². The second kappa shape index (κ2) is 11.1. The Hall–Kier alpha value is -3.47. The van der Waals surface area contributed by atoms with Crippen LogP contribution in [0.15, 0.2) is 47.4 Å². The monoisotopic (exact) mass is 545 g/mol. The molecule has 2 aromatic rings. The molecule has 2 amide bonds. The van der Waals surface area contributed by atoms with E-state index in [-0.39, 0.29) is 29.2 Å². The molecule has 9 nitrogen and oxygen atoms in total. The van der Waals surface area contributed by atoms with Crippen LogP contribution in [0.3, 0.4) is 0 Å². The number of nitrogens with one attached hydrogen (secondary N) is 2. The molecule has 204 valence electrons. The second-order valence-corrected chi connectivity index (χ2v) is 11.9. The Balaban J connectivity index is 1.48. The summed E-state index contributed by atoms with van der Waals surface area (Å²) in [5, 5.41) is 5.72. The molecule has 1 aliphatic carbocycles. The molecule has 2 aliphatic rings. The van der Waals surface area contributed by atoms with Gasteiger partial charge in [-0.2, -0.15) is 0 Å². The molecule has 1 aliphatic heterocycles. The molecule has 1 unspecified atom stereocenters. The van der Waals surface area contributed by atoms with Crippen molar-refractivity contribution >= 4 is 33.1 Å². The number of benzene rings is 2. The summed E-state index contributed by atoms with van der Waals surface area (Å²) in [5.41, 5.74) is -0.517. The first-order valence-electron chi connectivity index (χ1n) is 12.6. The Kier molecular flexibility index (Phi) is 8.05. The van der Waals surface area contributed by atoms with Crippen LogP contribution in [0.25, 0.3) is 0 Å². The lowest BCUT2D eigenvalue weighted by Crippen LogP contribution is -2.63. The van der Waals surface area contributed by atoms with Crippen molar-refractivity contribution in [2.24, 2.45) is 0 Å². The van der Waals surface area contributed by atoms with Crippen molar-refractivity contribution in [1.29, 1.82) is 0 Å². The highest BCUT2D eigenvalue weighted by Gasteiger charge is 2.43. The number of hydrogen-bond acceptors (Lipinski definition) is 7. The Morgan fingerprint density at radius 2 is 1.76 bits per heavy atom. The van der Waals surface area contributed by atoms with Crippen LogP contribution in [0.2, 0.25) is 0 Å². The molecule has 1 saturated carbocycles. The smallest absolute Gasteiger partial charge is 0.252 e. The van der Waals surface area contributed by atoms with Gasteiger partial charge in [0.15, 0.2) is 15.6 Å². The standard InChI is InChI=1S/C27H32FN3O6S/c1-37-20-10-11-22(24(16-20)38(2,35)36)31-15-12-21(23(32)17-31)29-26(34)27(13-4-3-5-14-27)30-25(33)18-6-8-19(28)9-7-18/h6-11,16,21H,3-5,12-15,17H2,1-2H3,(H,29,34)(H,30,33). The zero-order chi connectivity index (χ0) is 27.5. The average molecular weight is 546 g/mol. The normalized spacial score (nSPS) is 19.5. The third-order valence-corrected chi connectivity index (χ3v) is 8.36. The lowest BCUT2D eigenvalue weighted by molar-refractivity contribution is -0.133. The summed E-state index contributed by atoms with van der Waals surface area (Å²) in [7, 11) is -2.14. The van der Waals surface area contributed by atoms with Crippen molar-refractivity contribution in [3.63, 3.8) is 0 Å². The number of hydrogen-bond donors (Lipinski definition) is 2. The van der Waals surface area contributed by atoms with E-state index in [1.54, 1.807) is 17.0 Å². The molecule has 1 saturated heterocycles. The first kappa shape index (κ1) is 27.6. The van der Waals surface area contributed by atoms with Crippen molar-refractivity contribution < 1.29 is 31.9 Å². The molecule has 38 heavy (non-hydrogen) atoms. The number of ketones is 1. The maximum absolute atomic E-state index is 13.5. The molecule has 0 bridgehead atoms. The lowest BCUT2D eigenvalue weighted by atomic mass is 9.80. The first-order valence-corrected chi connectivity index (χ1v) is 14.5. The van der Waals surface area contributed by atoms with Crippen LogP contribution in [0.4, 0.5) is 10.1 Å². The highest BCUT2D eigenvalue weighted by molar-refractivity contribution is 7.90.